The van der Waals surface area contributed by atoms with Crippen LogP contribution in [0.4, 0.5) is 5.69 Å². The van der Waals surface area contributed by atoms with Crippen LogP contribution >= 0.6 is 0 Å². The van der Waals surface area contributed by atoms with Gasteiger partial charge in [0.25, 0.3) is 0 Å². The van der Waals surface area contributed by atoms with Crippen LogP contribution in [0.1, 0.15) is 56.1 Å². The maximum Gasteiger partial charge on any atom is 0.142 e. The molecule has 3 aliphatic carbocycles. The lowest BCUT2D eigenvalue weighted by molar-refractivity contribution is -0.129. The van der Waals surface area contributed by atoms with Gasteiger partial charge in [0.15, 0.2) is 0 Å². The number of hydrogen-bond acceptors (Lipinski definition) is 5. The third-order valence-electron chi connectivity index (χ3n) is 7.83. The summed E-state index contributed by atoms with van der Waals surface area (Å²) in [6.45, 7) is 3.26. The normalized spacial score (nSPS) is 31.1. The van der Waals surface area contributed by atoms with Crippen LogP contribution in [-0.4, -0.2) is 49.4 Å². The Hall–Kier alpha value is -1.59. The Morgan fingerprint density at radius 3 is 2.57 bits per heavy atom. The predicted octanol–water partition coefficient (Wildman–Crippen LogP) is 2.91. The van der Waals surface area contributed by atoms with Gasteiger partial charge in [-0.1, -0.05) is 13.0 Å². The van der Waals surface area contributed by atoms with Gasteiger partial charge in [-0.2, -0.15) is 0 Å². The maximum absolute atomic E-state index is 12.6. The lowest BCUT2D eigenvalue weighted by Crippen LogP contribution is -2.43. The molecule has 2 N–H and O–H groups in total. The fourth-order valence-electron chi connectivity index (χ4n) is 6.49. The number of aliphatic hydroxyl groups is 2. The molecule has 5 nitrogen and oxygen atoms in total. The van der Waals surface area contributed by atoms with Gasteiger partial charge in [-0.15, -0.1) is 0 Å². The maximum atomic E-state index is 12.6. The summed E-state index contributed by atoms with van der Waals surface area (Å²) in [5.74, 6) is 2.90. The van der Waals surface area contributed by atoms with Gasteiger partial charge in [0, 0.05) is 24.9 Å². The Morgan fingerprint density at radius 1 is 1.14 bits per heavy atom. The summed E-state index contributed by atoms with van der Waals surface area (Å²) in [5.41, 5.74) is 3.65. The van der Waals surface area contributed by atoms with Gasteiger partial charge in [0.1, 0.15) is 11.5 Å². The summed E-state index contributed by atoms with van der Waals surface area (Å²) in [6, 6.07) is 4.27. The predicted molar refractivity (Wildman–Crippen MR) is 109 cm³/mol. The van der Waals surface area contributed by atoms with Crippen LogP contribution in [0.3, 0.4) is 0 Å². The number of ketones is 1. The second-order valence-corrected chi connectivity index (χ2v) is 8.95. The summed E-state index contributed by atoms with van der Waals surface area (Å²) in [4.78, 5) is 14.6. The van der Waals surface area contributed by atoms with Gasteiger partial charge in [-0.05, 0) is 67.1 Å². The summed E-state index contributed by atoms with van der Waals surface area (Å²) in [5, 5.41) is 19.1. The van der Waals surface area contributed by atoms with Gasteiger partial charge < -0.3 is 19.8 Å². The van der Waals surface area contributed by atoms with Gasteiger partial charge >= 0.3 is 0 Å². The number of ether oxygens (including phenoxy) is 1. The molecule has 2 saturated carbocycles. The lowest BCUT2D eigenvalue weighted by atomic mass is 9.55. The van der Waals surface area contributed by atoms with Gasteiger partial charge in [-0.3, -0.25) is 4.79 Å². The summed E-state index contributed by atoms with van der Waals surface area (Å²) >= 11 is 0. The molecule has 0 aliphatic heterocycles. The summed E-state index contributed by atoms with van der Waals surface area (Å²) in [7, 11) is 1.68. The number of rotatable bonds is 6. The van der Waals surface area contributed by atoms with E-state index in [0.29, 0.717) is 36.6 Å². The number of methoxy groups -OCH3 is 1. The van der Waals surface area contributed by atoms with Crippen LogP contribution < -0.4 is 9.64 Å². The standard InChI is InChI=1S/C23H33NO4/c1-23-10-9-16-15-5-7-20(28-2)22(24(11-13-25)12-14-26)18(15)4-3-17(16)19(23)6-8-21(23)27/h5,7,16-17,19,25-26H,3-4,6,8-14H2,1-2H3/t16-,17-,19-,23+/m0/s1. The Labute approximate surface area is 167 Å². The first-order chi connectivity index (χ1) is 13.5. The molecule has 5 heteroatoms. The monoisotopic (exact) mass is 387 g/mol. The Kier molecular flexibility index (Phi) is 5.41. The molecule has 1 aromatic rings. The second kappa shape index (κ2) is 7.68. The topological polar surface area (TPSA) is 70.0 Å². The second-order valence-electron chi connectivity index (χ2n) is 8.95. The molecular formula is C23H33NO4. The molecule has 154 valence electrons. The molecule has 0 bridgehead atoms. The van der Waals surface area contributed by atoms with Crippen LogP contribution in [0.25, 0.3) is 0 Å². The van der Waals surface area contributed by atoms with E-state index in [-0.39, 0.29) is 18.6 Å². The number of Topliss-reactive ketones (excluding diaryl/α,β-unsaturated/α-hetero) is 1. The molecule has 1 aromatic carbocycles. The van der Waals surface area contributed by atoms with E-state index in [4.69, 9.17) is 4.74 Å². The zero-order chi connectivity index (χ0) is 19.9. The Balaban J connectivity index is 1.74. The van der Waals surface area contributed by atoms with Crippen LogP contribution in [0, 0.1) is 17.3 Å². The van der Waals surface area contributed by atoms with Crippen molar-refractivity contribution in [3.63, 3.8) is 0 Å². The first-order valence-corrected chi connectivity index (χ1v) is 10.7. The molecule has 3 aliphatic rings. The number of nitrogens with zero attached hydrogens (tertiary/aromatic N) is 1. The minimum atomic E-state index is -0.103. The van der Waals surface area contributed by atoms with Crippen molar-refractivity contribution in [3.8, 4) is 5.75 Å². The number of fused-ring (bicyclic) bond motifs is 5. The fraction of sp³-hybridized carbons (Fsp3) is 0.696. The number of aliphatic hydroxyl groups excluding tert-OH is 2. The molecular weight excluding hydrogens is 354 g/mol. The molecule has 0 unspecified atom stereocenters. The van der Waals surface area contributed by atoms with Crippen molar-refractivity contribution in [2.24, 2.45) is 17.3 Å². The average Bonchev–Trinajstić information content (AvgIpc) is 3.01. The number of carbonyl (C=O) groups excluding carboxylic acids is 1. The largest absolute Gasteiger partial charge is 0.495 e. The van der Waals surface area contributed by atoms with Gasteiger partial charge in [0.05, 0.1) is 26.0 Å². The van der Waals surface area contributed by atoms with Crippen molar-refractivity contribution in [1.29, 1.82) is 0 Å². The molecule has 0 amide bonds. The Morgan fingerprint density at radius 2 is 1.89 bits per heavy atom. The number of benzene rings is 1. The van der Waals surface area contributed by atoms with E-state index in [9.17, 15) is 15.0 Å². The third kappa shape index (κ3) is 2.94. The smallest absolute Gasteiger partial charge is 0.142 e. The molecule has 4 rings (SSSR count). The number of hydrogen-bond donors (Lipinski definition) is 2. The van der Waals surface area contributed by atoms with Crippen molar-refractivity contribution in [2.45, 2.75) is 51.4 Å². The van der Waals surface area contributed by atoms with Crippen molar-refractivity contribution < 1.29 is 19.7 Å². The number of carbonyl (C=O) groups is 1. The van der Waals surface area contributed by atoms with Crippen LogP contribution in [0.2, 0.25) is 0 Å². The molecule has 0 saturated heterocycles. The highest BCUT2D eigenvalue weighted by molar-refractivity contribution is 5.87. The van der Waals surface area contributed by atoms with E-state index in [2.05, 4.69) is 17.9 Å². The molecule has 0 spiro atoms. The fourth-order valence-corrected chi connectivity index (χ4v) is 6.49. The van der Waals surface area contributed by atoms with Gasteiger partial charge in [0.2, 0.25) is 0 Å². The molecule has 0 heterocycles. The van der Waals surface area contributed by atoms with Crippen molar-refractivity contribution in [2.75, 3.05) is 38.3 Å². The average molecular weight is 388 g/mol. The van der Waals surface area contributed by atoms with Crippen molar-refractivity contribution in [1.82, 2.24) is 0 Å². The zero-order valence-electron chi connectivity index (χ0n) is 17.1. The molecule has 28 heavy (non-hydrogen) atoms. The van der Waals surface area contributed by atoms with Gasteiger partial charge in [-0.25, -0.2) is 0 Å². The summed E-state index contributed by atoms with van der Waals surface area (Å²) < 4.78 is 5.67. The van der Waals surface area contributed by atoms with Crippen molar-refractivity contribution >= 4 is 11.5 Å². The molecule has 0 aromatic heterocycles. The van der Waals surface area contributed by atoms with Crippen molar-refractivity contribution in [3.05, 3.63) is 23.3 Å². The minimum absolute atomic E-state index is 0.0431. The third-order valence-corrected chi connectivity index (χ3v) is 7.83. The number of anilines is 1. The SMILES string of the molecule is COc1ccc2c(c1N(CCO)CCO)CC[C@H]1[C@H]2CC[C@@]2(C)C(=O)CC[C@@H]12. The highest BCUT2D eigenvalue weighted by Crippen LogP contribution is 2.60. The van der Waals surface area contributed by atoms with E-state index < -0.39 is 0 Å². The van der Waals surface area contributed by atoms with E-state index in [1.54, 1.807) is 7.11 Å². The van der Waals surface area contributed by atoms with Crippen LogP contribution in [0.5, 0.6) is 5.75 Å². The van der Waals surface area contributed by atoms with Crippen LogP contribution in [0.15, 0.2) is 12.1 Å². The van der Waals surface area contributed by atoms with E-state index in [1.165, 1.54) is 11.1 Å². The first-order valence-electron chi connectivity index (χ1n) is 10.7. The molecule has 4 atom stereocenters. The minimum Gasteiger partial charge on any atom is -0.495 e. The lowest BCUT2D eigenvalue weighted by Gasteiger charge is -2.49. The summed E-state index contributed by atoms with van der Waals surface area (Å²) in [6.07, 6.45) is 5.95. The highest BCUT2D eigenvalue weighted by atomic mass is 16.5. The van der Waals surface area contributed by atoms with Crippen LogP contribution in [-0.2, 0) is 11.2 Å². The Bertz CT molecular complexity index is 742. The van der Waals surface area contributed by atoms with E-state index >= 15 is 0 Å². The van der Waals surface area contributed by atoms with E-state index in [0.717, 1.165) is 50.0 Å². The quantitative estimate of drug-likeness (QED) is 0.785. The van der Waals surface area contributed by atoms with E-state index in [1.807, 2.05) is 6.07 Å². The molecule has 2 fully saturated rings. The highest BCUT2D eigenvalue weighted by Gasteiger charge is 2.54. The zero-order valence-corrected chi connectivity index (χ0v) is 17.1. The first kappa shape index (κ1) is 19.7. The molecule has 0 radical (unpaired) electrons.